The highest BCUT2D eigenvalue weighted by Crippen LogP contribution is 2.54. The predicted molar refractivity (Wildman–Crippen MR) is 98.1 cm³/mol. The summed E-state index contributed by atoms with van der Waals surface area (Å²) in [4.78, 5) is 0. The summed E-state index contributed by atoms with van der Waals surface area (Å²) in [5.41, 5.74) is 3.43. The highest BCUT2D eigenvalue weighted by Gasteiger charge is 2.29. The Bertz CT molecular complexity index is 828. The maximum absolute atomic E-state index is 10.4. The fraction of sp³-hybridized carbons (Fsp3) is 0.400. The monoisotopic (exact) mass is 360 g/mol. The van der Waals surface area contributed by atoms with Crippen molar-refractivity contribution in [1.29, 1.82) is 0 Å². The quantitative estimate of drug-likeness (QED) is 0.810. The molecular weight excluding hydrogens is 336 g/mol. The number of aryl methyl sites for hydroxylation is 2. The summed E-state index contributed by atoms with van der Waals surface area (Å²) in [6.45, 7) is 0. The summed E-state index contributed by atoms with van der Waals surface area (Å²) < 4.78 is 22.2. The third kappa shape index (κ3) is 2.75. The second kappa shape index (κ2) is 7.23. The lowest BCUT2D eigenvalue weighted by Gasteiger charge is -2.25. The van der Waals surface area contributed by atoms with Gasteiger partial charge in [-0.25, -0.2) is 0 Å². The van der Waals surface area contributed by atoms with E-state index >= 15 is 0 Å². The molecule has 0 unspecified atom stereocenters. The van der Waals surface area contributed by atoms with Crippen LogP contribution in [-0.4, -0.2) is 38.7 Å². The van der Waals surface area contributed by atoms with Crippen LogP contribution in [0.5, 0.6) is 34.5 Å². The lowest BCUT2D eigenvalue weighted by molar-refractivity contribution is 0.324. The van der Waals surface area contributed by atoms with Gasteiger partial charge in [0.05, 0.1) is 28.4 Å². The van der Waals surface area contributed by atoms with Crippen LogP contribution in [0.2, 0.25) is 0 Å². The van der Waals surface area contributed by atoms with Gasteiger partial charge in [-0.1, -0.05) is 0 Å². The Hall–Kier alpha value is -2.76. The van der Waals surface area contributed by atoms with E-state index in [1.807, 2.05) is 6.07 Å². The molecule has 0 aromatic heterocycles. The molecule has 0 aliphatic heterocycles. The number of fused-ring (bicyclic) bond motifs is 3. The third-order valence-corrected chi connectivity index (χ3v) is 4.82. The zero-order chi connectivity index (χ0) is 18.8. The standard InChI is InChI=1S/C20H24O6/c1-23-14-10-12-8-6-5-7-11-9-13(21)17(22)19(25-3)15(11)16(12)20(26-4)18(14)24-2/h9-10,21-22H,5-8H2,1-4H3. The molecule has 0 atom stereocenters. The smallest absolute Gasteiger partial charge is 0.203 e. The summed E-state index contributed by atoms with van der Waals surface area (Å²) in [5.74, 6) is 1.35. The van der Waals surface area contributed by atoms with Crippen molar-refractivity contribution in [3.05, 3.63) is 23.3 Å². The number of benzene rings is 2. The second-order valence-electron chi connectivity index (χ2n) is 6.20. The molecule has 6 heteroatoms. The minimum Gasteiger partial charge on any atom is -0.504 e. The minimum atomic E-state index is -0.283. The van der Waals surface area contributed by atoms with Crippen molar-refractivity contribution in [1.82, 2.24) is 0 Å². The Morgan fingerprint density at radius 3 is 1.77 bits per heavy atom. The minimum absolute atomic E-state index is 0.192. The first kappa shape index (κ1) is 18.0. The van der Waals surface area contributed by atoms with Crippen molar-refractivity contribution < 1.29 is 29.2 Å². The number of hydrogen-bond acceptors (Lipinski definition) is 6. The maximum Gasteiger partial charge on any atom is 0.203 e. The summed E-state index contributed by atoms with van der Waals surface area (Å²) in [6.07, 6.45) is 3.53. The van der Waals surface area contributed by atoms with E-state index in [9.17, 15) is 10.2 Å². The number of phenols is 2. The summed E-state index contributed by atoms with van der Waals surface area (Å²) >= 11 is 0. The first-order chi connectivity index (χ1) is 12.6. The first-order valence-corrected chi connectivity index (χ1v) is 8.51. The SMILES string of the molecule is COc1cc2c(c(OC)c1OC)-c1c(cc(O)c(O)c1OC)CCCC2. The molecule has 26 heavy (non-hydrogen) atoms. The molecule has 0 amide bonds. The number of rotatable bonds is 4. The zero-order valence-corrected chi connectivity index (χ0v) is 15.5. The lowest BCUT2D eigenvalue weighted by atomic mass is 9.85. The van der Waals surface area contributed by atoms with Crippen LogP contribution in [0.1, 0.15) is 24.0 Å². The van der Waals surface area contributed by atoms with Gasteiger partial charge in [0.25, 0.3) is 0 Å². The van der Waals surface area contributed by atoms with E-state index < -0.39 is 0 Å². The molecule has 3 rings (SSSR count). The van der Waals surface area contributed by atoms with Crippen LogP contribution in [0, 0.1) is 0 Å². The van der Waals surface area contributed by atoms with E-state index in [4.69, 9.17) is 18.9 Å². The molecule has 1 aliphatic carbocycles. The summed E-state index contributed by atoms with van der Waals surface area (Å²) in [7, 11) is 6.19. The van der Waals surface area contributed by atoms with Crippen molar-refractivity contribution in [2.24, 2.45) is 0 Å². The normalized spacial score (nSPS) is 13.1. The fourth-order valence-electron chi connectivity index (χ4n) is 3.67. The maximum atomic E-state index is 10.4. The Labute approximate surface area is 152 Å². The molecule has 2 aromatic rings. The molecule has 0 saturated carbocycles. The van der Waals surface area contributed by atoms with Gasteiger partial charge in [0.1, 0.15) is 0 Å². The first-order valence-electron chi connectivity index (χ1n) is 8.51. The van der Waals surface area contributed by atoms with E-state index in [2.05, 4.69) is 0 Å². The number of aromatic hydroxyl groups is 2. The Balaban J connectivity index is 2.46. The van der Waals surface area contributed by atoms with Crippen LogP contribution in [0.4, 0.5) is 0 Å². The van der Waals surface area contributed by atoms with E-state index in [1.54, 1.807) is 27.4 Å². The van der Waals surface area contributed by atoms with Gasteiger partial charge in [-0.2, -0.15) is 0 Å². The molecule has 140 valence electrons. The molecule has 2 aromatic carbocycles. The molecular formula is C20H24O6. The Morgan fingerprint density at radius 1 is 0.692 bits per heavy atom. The van der Waals surface area contributed by atoms with Crippen molar-refractivity contribution >= 4 is 0 Å². The van der Waals surface area contributed by atoms with Gasteiger partial charge in [-0.3, -0.25) is 0 Å². The van der Waals surface area contributed by atoms with Crippen LogP contribution in [0.3, 0.4) is 0 Å². The van der Waals surface area contributed by atoms with Crippen LogP contribution >= 0.6 is 0 Å². The molecule has 0 bridgehead atoms. The van der Waals surface area contributed by atoms with E-state index in [0.717, 1.165) is 47.9 Å². The molecule has 2 N–H and O–H groups in total. The molecule has 0 spiro atoms. The predicted octanol–water partition coefficient (Wildman–Crippen LogP) is 3.68. The molecule has 1 aliphatic rings. The summed E-state index contributed by atoms with van der Waals surface area (Å²) in [5, 5.41) is 20.5. The Morgan fingerprint density at radius 2 is 1.23 bits per heavy atom. The number of ether oxygens (including phenoxy) is 4. The van der Waals surface area contributed by atoms with Gasteiger partial charge in [-0.15, -0.1) is 0 Å². The molecule has 0 radical (unpaired) electrons. The van der Waals surface area contributed by atoms with Crippen LogP contribution in [0.15, 0.2) is 12.1 Å². The Kier molecular flexibility index (Phi) is 5.02. The van der Waals surface area contributed by atoms with Crippen molar-refractivity contribution in [2.45, 2.75) is 25.7 Å². The topological polar surface area (TPSA) is 77.4 Å². The van der Waals surface area contributed by atoms with E-state index in [0.29, 0.717) is 17.2 Å². The molecule has 0 saturated heterocycles. The third-order valence-electron chi connectivity index (χ3n) is 4.82. The van der Waals surface area contributed by atoms with Gasteiger partial charge in [0.2, 0.25) is 11.5 Å². The van der Waals surface area contributed by atoms with Crippen molar-refractivity contribution in [3.63, 3.8) is 0 Å². The number of hydrogen-bond donors (Lipinski definition) is 2. The van der Waals surface area contributed by atoms with E-state index in [1.165, 1.54) is 7.11 Å². The second-order valence-corrected chi connectivity index (χ2v) is 6.20. The highest BCUT2D eigenvalue weighted by molar-refractivity contribution is 5.88. The van der Waals surface area contributed by atoms with Crippen molar-refractivity contribution in [3.8, 4) is 45.6 Å². The van der Waals surface area contributed by atoms with E-state index in [-0.39, 0.29) is 17.2 Å². The van der Waals surface area contributed by atoms with Gasteiger partial charge in [-0.05, 0) is 48.9 Å². The van der Waals surface area contributed by atoms with Crippen molar-refractivity contribution in [2.75, 3.05) is 28.4 Å². The van der Waals surface area contributed by atoms with Gasteiger partial charge >= 0.3 is 0 Å². The zero-order valence-electron chi connectivity index (χ0n) is 15.5. The van der Waals surface area contributed by atoms with Crippen LogP contribution in [0.25, 0.3) is 11.1 Å². The van der Waals surface area contributed by atoms with Gasteiger partial charge in [0.15, 0.2) is 23.0 Å². The van der Waals surface area contributed by atoms with Crippen LogP contribution in [-0.2, 0) is 12.8 Å². The number of phenolic OH excluding ortho intramolecular Hbond substituents is 2. The van der Waals surface area contributed by atoms with Crippen LogP contribution < -0.4 is 18.9 Å². The summed E-state index contributed by atoms with van der Waals surface area (Å²) in [6, 6.07) is 3.54. The molecule has 0 fully saturated rings. The van der Waals surface area contributed by atoms with Gasteiger partial charge < -0.3 is 29.2 Å². The fourth-order valence-corrected chi connectivity index (χ4v) is 3.67. The molecule has 0 heterocycles. The average Bonchev–Trinajstić information content (AvgIpc) is 2.64. The van der Waals surface area contributed by atoms with Gasteiger partial charge in [0, 0.05) is 11.1 Å². The highest BCUT2D eigenvalue weighted by atomic mass is 16.5. The number of methoxy groups -OCH3 is 4. The largest absolute Gasteiger partial charge is 0.504 e. The average molecular weight is 360 g/mol. The lowest BCUT2D eigenvalue weighted by Crippen LogP contribution is -2.06. The molecule has 6 nitrogen and oxygen atoms in total.